The fraction of sp³-hybridized carbons (Fsp3) is 1.00. The number of hydroxylamine groups is 1. The van der Waals surface area contributed by atoms with Crippen molar-refractivity contribution in [2.75, 3.05) is 0 Å². The summed E-state index contributed by atoms with van der Waals surface area (Å²) in [6, 6.07) is 0. The van der Waals surface area contributed by atoms with Crippen LogP contribution in [0.4, 0.5) is 0 Å². The third-order valence-corrected chi connectivity index (χ3v) is 1.47. The largest absolute Gasteiger partial charge is 0.377 e. The minimum Gasteiger partial charge on any atom is -0.377 e. The van der Waals surface area contributed by atoms with E-state index in [1.165, 1.54) is 0 Å². The Bertz CT molecular complexity index is 60.1. The van der Waals surface area contributed by atoms with Gasteiger partial charge < -0.3 is 10.3 Å². The van der Waals surface area contributed by atoms with Crippen molar-refractivity contribution in [2.24, 2.45) is 5.92 Å². The molecule has 0 amide bonds. The normalized spacial score (nSPS) is 17.3. The standard InChI is InChI=1S/C6H15NO2/c1-3-5(2)4-6(8)7-9/h5-9H,3-4H2,1-2H3. The van der Waals surface area contributed by atoms with E-state index in [1.54, 1.807) is 5.48 Å². The quantitative estimate of drug-likeness (QED) is 0.391. The predicted octanol–water partition coefficient (Wildman–Crippen LogP) is 0.720. The number of aliphatic hydroxyl groups excluding tert-OH is 1. The van der Waals surface area contributed by atoms with Gasteiger partial charge in [0.25, 0.3) is 0 Å². The minimum absolute atomic E-state index is 0.458. The van der Waals surface area contributed by atoms with E-state index in [-0.39, 0.29) is 0 Å². The van der Waals surface area contributed by atoms with Crippen LogP contribution in [-0.2, 0) is 0 Å². The van der Waals surface area contributed by atoms with Crippen molar-refractivity contribution < 1.29 is 10.3 Å². The molecular weight excluding hydrogens is 118 g/mol. The summed E-state index contributed by atoms with van der Waals surface area (Å²) >= 11 is 0. The monoisotopic (exact) mass is 133 g/mol. The van der Waals surface area contributed by atoms with Gasteiger partial charge in [0.15, 0.2) is 0 Å². The van der Waals surface area contributed by atoms with Crippen molar-refractivity contribution >= 4 is 0 Å². The van der Waals surface area contributed by atoms with Crippen LogP contribution in [0.15, 0.2) is 0 Å². The molecule has 3 heteroatoms. The van der Waals surface area contributed by atoms with Crippen LogP contribution < -0.4 is 5.48 Å². The van der Waals surface area contributed by atoms with Crippen molar-refractivity contribution in [1.29, 1.82) is 0 Å². The van der Waals surface area contributed by atoms with Crippen LogP contribution in [0.3, 0.4) is 0 Å². The van der Waals surface area contributed by atoms with Crippen molar-refractivity contribution in [3.63, 3.8) is 0 Å². The predicted molar refractivity (Wildman–Crippen MR) is 35.0 cm³/mol. The lowest BCUT2D eigenvalue weighted by Gasteiger charge is -2.11. The summed E-state index contributed by atoms with van der Waals surface area (Å²) in [5.41, 5.74) is 1.79. The lowest BCUT2D eigenvalue weighted by Crippen LogP contribution is -2.26. The van der Waals surface area contributed by atoms with Gasteiger partial charge in [-0.15, -0.1) is 0 Å². The molecule has 0 spiro atoms. The van der Waals surface area contributed by atoms with Gasteiger partial charge in [-0.05, 0) is 12.3 Å². The first kappa shape index (κ1) is 8.88. The molecule has 3 nitrogen and oxygen atoms in total. The Balaban J connectivity index is 3.22. The number of aliphatic hydroxyl groups is 1. The Morgan fingerprint density at radius 3 is 2.44 bits per heavy atom. The molecule has 0 rings (SSSR count). The average Bonchev–Trinajstić information content (AvgIpc) is 1.87. The van der Waals surface area contributed by atoms with Crippen LogP contribution in [0.5, 0.6) is 0 Å². The van der Waals surface area contributed by atoms with Gasteiger partial charge in [0, 0.05) is 0 Å². The summed E-state index contributed by atoms with van der Waals surface area (Å²) in [4.78, 5) is 0. The molecule has 0 aliphatic rings. The van der Waals surface area contributed by atoms with E-state index in [4.69, 9.17) is 10.3 Å². The maximum Gasteiger partial charge on any atom is 0.127 e. The van der Waals surface area contributed by atoms with Gasteiger partial charge in [0.2, 0.25) is 0 Å². The lowest BCUT2D eigenvalue weighted by molar-refractivity contribution is -0.0108. The third-order valence-electron chi connectivity index (χ3n) is 1.47. The zero-order valence-electron chi connectivity index (χ0n) is 5.96. The number of hydrogen-bond donors (Lipinski definition) is 3. The highest BCUT2D eigenvalue weighted by atomic mass is 16.5. The highest BCUT2D eigenvalue weighted by molar-refractivity contribution is 4.53. The highest BCUT2D eigenvalue weighted by Gasteiger charge is 2.05. The van der Waals surface area contributed by atoms with E-state index in [1.807, 2.05) is 6.92 Å². The van der Waals surface area contributed by atoms with Crippen LogP contribution in [0.2, 0.25) is 0 Å². The van der Waals surface area contributed by atoms with Gasteiger partial charge in [0.05, 0.1) is 0 Å². The maximum absolute atomic E-state index is 8.80. The van der Waals surface area contributed by atoms with E-state index in [0.717, 1.165) is 6.42 Å². The topological polar surface area (TPSA) is 52.5 Å². The summed E-state index contributed by atoms with van der Waals surface area (Å²) < 4.78 is 0. The molecule has 0 radical (unpaired) electrons. The molecule has 0 heterocycles. The van der Waals surface area contributed by atoms with E-state index < -0.39 is 6.23 Å². The molecule has 0 bridgehead atoms. The van der Waals surface area contributed by atoms with Crippen LogP contribution in [0, 0.1) is 5.92 Å². The Kier molecular flexibility index (Phi) is 4.67. The smallest absolute Gasteiger partial charge is 0.127 e. The summed E-state index contributed by atoms with van der Waals surface area (Å²) in [6.45, 7) is 4.08. The number of hydrogen-bond acceptors (Lipinski definition) is 3. The molecule has 9 heavy (non-hydrogen) atoms. The number of rotatable bonds is 4. The van der Waals surface area contributed by atoms with E-state index in [2.05, 4.69) is 6.92 Å². The number of nitrogens with one attached hydrogen (secondary N) is 1. The van der Waals surface area contributed by atoms with Gasteiger partial charge in [-0.1, -0.05) is 20.3 Å². The van der Waals surface area contributed by atoms with Gasteiger partial charge in [-0.3, -0.25) is 0 Å². The summed E-state index contributed by atoms with van der Waals surface area (Å²) in [7, 11) is 0. The van der Waals surface area contributed by atoms with Crippen LogP contribution >= 0.6 is 0 Å². The molecule has 0 fully saturated rings. The molecule has 0 saturated heterocycles. The molecule has 56 valence electrons. The molecule has 0 aromatic rings. The van der Waals surface area contributed by atoms with Gasteiger partial charge in [-0.2, -0.15) is 5.48 Å². The van der Waals surface area contributed by atoms with Crippen molar-refractivity contribution in [3.8, 4) is 0 Å². The molecule has 0 aliphatic heterocycles. The average molecular weight is 133 g/mol. The molecule has 3 N–H and O–H groups in total. The highest BCUT2D eigenvalue weighted by Crippen LogP contribution is 2.07. The van der Waals surface area contributed by atoms with E-state index in [9.17, 15) is 0 Å². The fourth-order valence-electron chi connectivity index (χ4n) is 0.601. The van der Waals surface area contributed by atoms with Crippen LogP contribution in [0.1, 0.15) is 26.7 Å². The molecule has 0 aromatic heterocycles. The summed E-state index contributed by atoms with van der Waals surface area (Å²) in [5, 5.41) is 17.0. The molecule has 2 unspecified atom stereocenters. The summed E-state index contributed by atoms with van der Waals surface area (Å²) in [5.74, 6) is 0.458. The zero-order chi connectivity index (χ0) is 7.28. The SMILES string of the molecule is CCC(C)CC(O)NO. The third kappa shape index (κ3) is 4.39. The van der Waals surface area contributed by atoms with Crippen molar-refractivity contribution in [3.05, 3.63) is 0 Å². The second-order valence-electron chi connectivity index (χ2n) is 2.39. The van der Waals surface area contributed by atoms with Crippen molar-refractivity contribution in [1.82, 2.24) is 5.48 Å². The van der Waals surface area contributed by atoms with Gasteiger partial charge in [0.1, 0.15) is 6.23 Å². The summed E-state index contributed by atoms with van der Waals surface area (Å²) in [6.07, 6.45) is 0.867. The minimum atomic E-state index is -0.764. The first-order chi connectivity index (χ1) is 4.20. The van der Waals surface area contributed by atoms with Gasteiger partial charge >= 0.3 is 0 Å². The van der Waals surface area contributed by atoms with E-state index >= 15 is 0 Å². The molecule has 2 atom stereocenters. The molecular formula is C6H15NO2. The Morgan fingerprint density at radius 1 is 1.56 bits per heavy atom. The second-order valence-corrected chi connectivity index (χ2v) is 2.39. The second kappa shape index (κ2) is 4.73. The molecule has 0 saturated carbocycles. The Hall–Kier alpha value is -0.120. The molecule has 0 aromatic carbocycles. The van der Waals surface area contributed by atoms with Crippen LogP contribution in [-0.4, -0.2) is 16.5 Å². The fourth-order valence-corrected chi connectivity index (χ4v) is 0.601. The molecule has 0 aliphatic carbocycles. The first-order valence-electron chi connectivity index (χ1n) is 3.28. The maximum atomic E-state index is 8.80. The zero-order valence-corrected chi connectivity index (χ0v) is 5.96. The van der Waals surface area contributed by atoms with E-state index in [0.29, 0.717) is 12.3 Å². The van der Waals surface area contributed by atoms with Crippen LogP contribution in [0.25, 0.3) is 0 Å². The Morgan fingerprint density at radius 2 is 2.11 bits per heavy atom. The lowest BCUT2D eigenvalue weighted by atomic mass is 10.0. The Labute approximate surface area is 55.7 Å². The van der Waals surface area contributed by atoms with Gasteiger partial charge in [-0.25, -0.2) is 0 Å². The van der Waals surface area contributed by atoms with Crippen molar-refractivity contribution in [2.45, 2.75) is 32.9 Å². The first-order valence-corrected chi connectivity index (χ1v) is 3.28.